The van der Waals surface area contributed by atoms with Crippen molar-refractivity contribution in [2.45, 2.75) is 25.2 Å². The molecule has 0 saturated carbocycles. The van der Waals surface area contributed by atoms with E-state index >= 15 is 0 Å². The van der Waals surface area contributed by atoms with E-state index in [1.54, 1.807) is 31.3 Å². The fourth-order valence-electron chi connectivity index (χ4n) is 4.64. The third kappa shape index (κ3) is 6.29. The summed E-state index contributed by atoms with van der Waals surface area (Å²) in [6.07, 6.45) is 1.61. The zero-order valence-electron chi connectivity index (χ0n) is 20.1. The van der Waals surface area contributed by atoms with E-state index in [0.29, 0.717) is 46.7 Å². The van der Waals surface area contributed by atoms with Crippen LogP contribution in [0.1, 0.15) is 29.8 Å². The Hall–Kier alpha value is -2.39. The molecule has 0 bridgehead atoms. The van der Waals surface area contributed by atoms with Gasteiger partial charge in [0.25, 0.3) is 0 Å². The summed E-state index contributed by atoms with van der Waals surface area (Å²) in [5, 5.41) is 31.1. The van der Waals surface area contributed by atoms with Gasteiger partial charge in [-0.05, 0) is 54.4 Å². The lowest BCUT2D eigenvalue weighted by molar-refractivity contribution is 0.0101. The number of β-amino-alcohol motifs (C(OH)–C–C–N with tert-alkyl or cyclic N) is 1. The topological polar surface area (TPSA) is 89.3 Å². The second-order valence-electron chi connectivity index (χ2n) is 9.15. The maximum absolute atomic E-state index is 11.3. The molecule has 3 N–H and O–H groups in total. The molecule has 192 valence electrons. The molecule has 1 fully saturated rings. The van der Waals surface area contributed by atoms with Crippen LogP contribution >= 0.6 is 23.2 Å². The van der Waals surface area contributed by atoms with Crippen molar-refractivity contribution in [2.75, 3.05) is 44.3 Å². The molecular formula is C27H31Cl2N3O4. The van der Waals surface area contributed by atoms with Crippen LogP contribution < -0.4 is 9.64 Å². The summed E-state index contributed by atoms with van der Waals surface area (Å²) >= 11 is 12.8. The maximum Gasteiger partial charge on any atom is 0.121 e. The highest BCUT2D eigenvalue weighted by Crippen LogP contribution is 2.38. The Morgan fingerprint density at radius 1 is 1.06 bits per heavy atom. The first-order chi connectivity index (χ1) is 17.3. The van der Waals surface area contributed by atoms with Crippen LogP contribution in [0.25, 0.3) is 0 Å². The molecule has 0 amide bonds. The van der Waals surface area contributed by atoms with Crippen molar-refractivity contribution >= 4 is 28.9 Å². The molecule has 2 atom stereocenters. The number of aliphatic hydroxyl groups is 3. The summed E-state index contributed by atoms with van der Waals surface area (Å²) in [6, 6.07) is 16.9. The molecule has 9 heteroatoms. The molecule has 36 heavy (non-hydrogen) atoms. The summed E-state index contributed by atoms with van der Waals surface area (Å²) in [7, 11) is 0. The Morgan fingerprint density at radius 2 is 1.83 bits per heavy atom. The molecule has 1 saturated heterocycles. The lowest BCUT2D eigenvalue weighted by atomic mass is 9.94. The zero-order valence-corrected chi connectivity index (χ0v) is 21.7. The number of rotatable bonds is 9. The number of anilines is 1. The van der Waals surface area contributed by atoms with Crippen molar-refractivity contribution in [3.05, 3.63) is 87.7 Å². The van der Waals surface area contributed by atoms with Gasteiger partial charge in [0.15, 0.2) is 0 Å². The van der Waals surface area contributed by atoms with Crippen LogP contribution in [0, 0.1) is 0 Å². The zero-order chi connectivity index (χ0) is 25.7. The van der Waals surface area contributed by atoms with E-state index in [-0.39, 0.29) is 25.9 Å². The van der Waals surface area contributed by atoms with Gasteiger partial charge in [-0.15, -0.1) is 0 Å². The van der Waals surface area contributed by atoms with Gasteiger partial charge < -0.3 is 25.0 Å². The van der Waals surface area contributed by atoms with Crippen LogP contribution in [0.5, 0.6) is 5.75 Å². The minimum Gasteiger partial charge on any atom is -0.491 e. The van der Waals surface area contributed by atoms with Crippen molar-refractivity contribution in [2.24, 2.45) is 0 Å². The minimum atomic E-state index is -1.12. The molecule has 1 aliphatic heterocycles. The Morgan fingerprint density at radius 3 is 2.53 bits per heavy atom. The number of aliphatic hydroxyl groups excluding tert-OH is 2. The summed E-state index contributed by atoms with van der Waals surface area (Å²) in [5.74, 6) is 0.607. The molecule has 0 aliphatic carbocycles. The Balaban J connectivity index is 1.59. The van der Waals surface area contributed by atoms with Gasteiger partial charge in [-0.2, -0.15) is 0 Å². The monoisotopic (exact) mass is 531 g/mol. The lowest BCUT2D eigenvalue weighted by Crippen LogP contribution is -2.52. The highest BCUT2D eigenvalue weighted by atomic mass is 35.5. The van der Waals surface area contributed by atoms with Gasteiger partial charge in [0.2, 0.25) is 0 Å². The molecule has 0 unspecified atom stereocenters. The quantitative estimate of drug-likeness (QED) is 0.384. The van der Waals surface area contributed by atoms with Gasteiger partial charge >= 0.3 is 0 Å². The summed E-state index contributed by atoms with van der Waals surface area (Å²) in [5.41, 5.74) is 2.10. The molecule has 0 radical (unpaired) electrons. The van der Waals surface area contributed by atoms with E-state index in [2.05, 4.69) is 14.8 Å². The minimum absolute atomic E-state index is 0.0287. The van der Waals surface area contributed by atoms with Crippen molar-refractivity contribution < 1.29 is 20.1 Å². The number of halogens is 2. The van der Waals surface area contributed by atoms with Gasteiger partial charge in [0.1, 0.15) is 12.4 Å². The Kier molecular flexibility index (Phi) is 8.72. The first-order valence-corrected chi connectivity index (χ1v) is 12.6. The molecule has 3 aromatic rings. The van der Waals surface area contributed by atoms with Crippen LogP contribution in [-0.4, -0.2) is 64.6 Å². The van der Waals surface area contributed by atoms with Crippen molar-refractivity contribution in [1.82, 2.24) is 9.88 Å². The van der Waals surface area contributed by atoms with Crippen molar-refractivity contribution in [3.8, 4) is 5.75 Å². The van der Waals surface area contributed by atoms with Crippen LogP contribution in [0.15, 0.2) is 60.8 Å². The molecule has 2 heterocycles. The van der Waals surface area contributed by atoms with E-state index in [1.807, 2.05) is 36.4 Å². The van der Waals surface area contributed by atoms with Crippen LogP contribution in [0.2, 0.25) is 10.0 Å². The van der Waals surface area contributed by atoms with Gasteiger partial charge in [0, 0.05) is 43.5 Å². The smallest absolute Gasteiger partial charge is 0.121 e. The summed E-state index contributed by atoms with van der Waals surface area (Å²) in [6.45, 7) is 4.25. The van der Waals surface area contributed by atoms with E-state index in [0.717, 1.165) is 17.8 Å². The number of pyridine rings is 1. The molecular weight excluding hydrogens is 501 g/mol. The van der Waals surface area contributed by atoms with E-state index in [4.69, 9.17) is 33.0 Å². The summed E-state index contributed by atoms with van der Waals surface area (Å²) in [4.78, 5) is 8.63. The third-order valence-corrected chi connectivity index (χ3v) is 6.99. The SMILES string of the molecule is C[C@@](O)(CN1CCN(c2ccc(OCCO)cc2Cl)[C@H](c2ccc(Cl)cc2)C1)c1ccnc(CO)c1. The predicted molar refractivity (Wildman–Crippen MR) is 142 cm³/mol. The van der Waals surface area contributed by atoms with Crippen molar-refractivity contribution in [3.63, 3.8) is 0 Å². The fourth-order valence-corrected chi connectivity index (χ4v) is 5.05. The molecule has 0 spiro atoms. The van der Waals surface area contributed by atoms with Crippen LogP contribution in [0.4, 0.5) is 5.69 Å². The fraction of sp³-hybridized carbons (Fsp3) is 0.370. The molecule has 1 aromatic heterocycles. The maximum atomic E-state index is 11.3. The second kappa shape index (κ2) is 11.8. The average molecular weight is 532 g/mol. The first-order valence-electron chi connectivity index (χ1n) is 11.9. The summed E-state index contributed by atoms with van der Waals surface area (Å²) < 4.78 is 5.51. The normalized spacial score (nSPS) is 18.2. The molecule has 7 nitrogen and oxygen atoms in total. The number of nitrogens with zero attached hydrogens (tertiary/aromatic N) is 3. The Bertz CT molecular complexity index is 1160. The Labute approximate surface area is 221 Å². The third-order valence-electron chi connectivity index (χ3n) is 6.44. The number of ether oxygens (including phenoxy) is 1. The standard InChI is InChI=1S/C27H31Cl2N3O4/c1-27(35,20-8-9-30-22(14-20)17-34)18-31-10-11-32(26(16-31)19-2-4-21(28)5-3-19)25-7-6-23(15-24(25)29)36-13-12-33/h2-9,14-15,26,33-35H,10-13,16-18H2,1H3/t26-,27+/m0/s1. The van der Waals surface area contributed by atoms with Crippen LogP contribution in [-0.2, 0) is 12.2 Å². The van der Waals surface area contributed by atoms with Crippen LogP contribution in [0.3, 0.4) is 0 Å². The van der Waals surface area contributed by atoms with E-state index < -0.39 is 5.60 Å². The van der Waals surface area contributed by atoms with E-state index in [1.165, 1.54) is 0 Å². The first kappa shape index (κ1) is 26.7. The van der Waals surface area contributed by atoms with Gasteiger partial charge in [-0.1, -0.05) is 35.3 Å². The highest BCUT2D eigenvalue weighted by Gasteiger charge is 2.34. The number of hydrogen-bond acceptors (Lipinski definition) is 7. The average Bonchev–Trinajstić information content (AvgIpc) is 2.88. The van der Waals surface area contributed by atoms with Gasteiger partial charge in [0.05, 0.1) is 41.3 Å². The number of benzene rings is 2. The largest absolute Gasteiger partial charge is 0.491 e. The molecule has 4 rings (SSSR count). The van der Waals surface area contributed by atoms with Crippen molar-refractivity contribution in [1.29, 1.82) is 0 Å². The number of hydrogen-bond donors (Lipinski definition) is 3. The number of aromatic nitrogens is 1. The van der Waals surface area contributed by atoms with E-state index in [9.17, 15) is 10.2 Å². The van der Waals surface area contributed by atoms with Gasteiger partial charge in [-0.3, -0.25) is 9.88 Å². The van der Waals surface area contributed by atoms with Gasteiger partial charge in [-0.25, -0.2) is 0 Å². The molecule has 1 aliphatic rings. The lowest BCUT2D eigenvalue weighted by Gasteiger charge is -2.45. The number of piperazine rings is 1. The highest BCUT2D eigenvalue weighted by molar-refractivity contribution is 6.33. The second-order valence-corrected chi connectivity index (χ2v) is 9.99. The predicted octanol–water partition coefficient (Wildman–Crippen LogP) is 4.02. The molecule has 2 aromatic carbocycles.